The molecule has 0 radical (unpaired) electrons. The van der Waals surface area contributed by atoms with Crippen LogP contribution in [-0.4, -0.2) is 34.0 Å². The van der Waals surface area contributed by atoms with E-state index in [0.717, 1.165) is 32.0 Å². The lowest BCUT2D eigenvalue weighted by Crippen LogP contribution is -2.30. The molecule has 2 heterocycles. The van der Waals surface area contributed by atoms with Crippen LogP contribution in [0.15, 0.2) is 18.2 Å². The summed E-state index contributed by atoms with van der Waals surface area (Å²) in [5.41, 5.74) is -1.04. The van der Waals surface area contributed by atoms with Crippen LogP contribution in [0, 0.1) is 12.7 Å². The van der Waals surface area contributed by atoms with Crippen LogP contribution in [0.5, 0.6) is 0 Å². The molecule has 1 aliphatic rings. The van der Waals surface area contributed by atoms with Gasteiger partial charge in [0.05, 0.1) is 17.3 Å². The molecule has 0 unspecified atom stereocenters. The van der Waals surface area contributed by atoms with E-state index in [9.17, 15) is 22.4 Å². The number of halogens is 4. The minimum atomic E-state index is -4.85. The minimum absolute atomic E-state index is 0.0291. The van der Waals surface area contributed by atoms with Gasteiger partial charge in [0.2, 0.25) is 0 Å². The number of hydrogen-bond acceptors (Lipinski definition) is 4. The Morgan fingerprint density at radius 2 is 2.00 bits per heavy atom. The number of nitrogens with one attached hydrogen (secondary N) is 2. The van der Waals surface area contributed by atoms with E-state index < -0.39 is 23.5 Å². The highest BCUT2D eigenvalue weighted by Gasteiger charge is 2.34. The van der Waals surface area contributed by atoms with Crippen LogP contribution in [0.25, 0.3) is 0 Å². The van der Waals surface area contributed by atoms with Gasteiger partial charge in [-0.15, -0.1) is 5.10 Å². The molecule has 3 rings (SSSR count). The molecule has 1 aromatic carbocycles. The first kappa shape index (κ1) is 18.3. The quantitative estimate of drug-likeness (QED) is 0.814. The number of piperidine rings is 1. The molecule has 0 aliphatic carbocycles. The first-order valence-electron chi connectivity index (χ1n) is 8.08. The highest BCUT2D eigenvalue weighted by atomic mass is 19.4. The van der Waals surface area contributed by atoms with E-state index in [4.69, 9.17) is 0 Å². The third-order valence-corrected chi connectivity index (χ3v) is 4.33. The van der Waals surface area contributed by atoms with Crippen LogP contribution in [-0.2, 0) is 6.18 Å². The molecule has 0 bridgehead atoms. The van der Waals surface area contributed by atoms with E-state index in [1.807, 2.05) is 0 Å². The van der Waals surface area contributed by atoms with Crippen molar-refractivity contribution in [2.75, 3.05) is 18.4 Å². The second-order valence-electron chi connectivity index (χ2n) is 6.10. The Hall–Kier alpha value is -2.49. The smallest absolute Gasteiger partial charge is 0.321 e. The first-order chi connectivity index (χ1) is 12.3. The Bertz CT molecular complexity index is 811. The molecule has 140 valence electrons. The summed E-state index contributed by atoms with van der Waals surface area (Å²) in [4.78, 5) is 12.4. The Morgan fingerprint density at radius 1 is 1.31 bits per heavy atom. The van der Waals surface area contributed by atoms with E-state index >= 15 is 0 Å². The predicted molar refractivity (Wildman–Crippen MR) is 85.3 cm³/mol. The van der Waals surface area contributed by atoms with E-state index in [1.54, 1.807) is 11.6 Å². The van der Waals surface area contributed by atoms with Crippen LogP contribution in [0.1, 0.15) is 40.6 Å². The maximum Gasteiger partial charge on any atom is 0.419 e. The molecule has 1 fully saturated rings. The molecule has 6 nitrogen and oxygen atoms in total. The lowest BCUT2D eigenvalue weighted by Gasteiger charge is -2.23. The van der Waals surface area contributed by atoms with Gasteiger partial charge < -0.3 is 10.6 Å². The lowest BCUT2D eigenvalue weighted by molar-refractivity contribution is -0.139. The van der Waals surface area contributed by atoms with Crippen molar-refractivity contribution in [3.8, 4) is 0 Å². The fraction of sp³-hybridized carbons (Fsp3) is 0.438. The summed E-state index contributed by atoms with van der Waals surface area (Å²) in [5.74, 6) is -2.09. The third-order valence-electron chi connectivity index (χ3n) is 4.33. The number of carbonyl (C=O) groups is 1. The minimum Gasteiger partial charge on any atom is -0.321 e. The number of anilines is 1. The highest BCUT2D eigenvalue weighted by molar-refractivity contribution is 6.03. The Kier molecular flexibility index (Phi) is 4.94. The molecule has 0 saturated carbocycles. The normalized spacial score (nSPS) is 15.9. The van der Waals surface area contributed by atoms with Crippen LogP contribution >= 0.6 is 0 Å². The van der Waals surface area contributed by atoms with Crippen molar-refractivity contribution < 1.29 is 22.4 Å². The van der Waals surface area contributed by atoms with E-state index in [1.165, 1.54) is 0 Å². The van der Waals surface area contributed by atoms with Crippen molar-refractivity contribution >= 4 is 11.6 Å². The van der Waals surface area contributed by atoms with Crippen LogP contribution < -0.4 is 10.6 Å². The molecule has 1 saturated heterocycles. The molecular weight excluding hydrogens is 354 g/mol. The fourth-order valence-corrected chi connectivity index (χ4v) is 2.96. The number of hydrogen-bond donors (Lipinski definition) is 2. The van der Waals surface area contributed by atoms with Crippen molar-refractivity contribution in [1.82, 2.24) is 20.3 Å². The second-order valence-corrected chi connectivity index (χ2v) is 6.10. The van der Waals surface area contributed by atoms with Crippen molar-refractivity contribution in [1.29, 1.82) is 0 Å². The van der Waals surface area contributed by atoms with Gasteiger partial charge in [-0.3, -0.25) is 4.79 Å². The number of amides is 1. The van der Waals surface area contributed by atoms with Gasteiger partial charge in [-0.2, -0.15) is 13.2 Å². The van der Waals surface area contributed by atoms with Gasteiger partial charge in [0.1, 0.15) is 5.82 Å². The average molecular weight is 371 g/mol. The zero-order chi connectivity index (χ0) is 18.9. The zero-order valence-corrected chi connectivity index (χ0v) is 13.9. The van der Waals surface area contributed by atoms with E-state index in [-0.39, 0.29) is 17.4 Å². The van der Waals surface area contributed by atoms with Crippen molar-refractivity contribution in [2.45, 2.75) is 32.0 Å². The number of aromatic nitrogens is 3. The Labute approximate surface area is 146 Å². The third kappa shape index (κ3) is 3.69. The van der Waals surface area contributed by atoms with Gasteiger partial charge in [-0.25, -0.2) is 9.07 Å². The largest absolute Gasteiger partial charge is 0.419 e. The molecule has 1 amide bonds. The maximum atomic E-state index is 13.3. The summed E-state index contributed by atoms with van der Waals surface area (Å²) >= 11 is 0. The van der Waals surface area contributed by atoms with Gasteiger partial charge in [0, 0.05) is 5.69 Å². The Balaban J connectivity index is 1.80. The fourth-order valence-electron chi connectivity index (χ4n) is 2.96. The monoisotopic (exact) mass is 371 g/mol. The summed E-state index contributed by atoms with van der Waals surface area (Å²) in [6, 6.07) is 2.40. The topological polar surface area (TPSA) is 71.8 Å². The van der Waals surface area contributed by atoms with Gasteiger partial charge in [0.15, 0.2) is 5.69 Å². The SMILES string of the molecule is Cc1c(C(=O)Nc2ccc(F)c(C(F)(F)F)c2)nnn1C1CCNCC1. The number of rotatable bonds is 3. The van der Waals surface area contributed by atoms with Crippen LogP contribution in [0.2, 0.25) is 0 Å². The molecule has 10 heteroatoms. The average Bonchev–Trinajstić information content (AvgIpc) is 2.98. The summed E-state index contributed by atoms with van der Waals surface area (Å²) in [5, 5.41) is 13.4. The van der Waals surface area contributed by atoms with E-state index in [0.29, 0.717) is 17.8 Å². The Morgan fingerprint density at radius 3 is 2.65 bits per heavy atom. The molecule has 0 atom stereocenters. The first-order valence-corrected chi connectivity index (χ1v) is 8.08. The summed E-state index contributed by atoms with van der Waals surface area (Å²) < 4.78 is 53.3. The molecule has 2 aromatic rings. The van der Waals surface area contributed by atoms with Crippen LogP contribution in [0.3, 0.4) is 0 Å². The summed E-state index contributed by atoms with van der Waals surface area (Å²) in [6.45, 7) is 3.35. The molecule has 26 heavy (non-hydrogen) atoms. The van der Waals surface area contributed by atoms with Gasteiger partial charge in [-0.1, -0.05) is 5.21 Å². The van der Waals surface area contributed by atoms with Gasteiger partial charge >= 0.3 is 6.18 Å². The number of nitrogens with zero attached hydrogens (tertiary/aromatic N) is 3. The van der Waals surface area contributed by atoms with Crippen molar-refractivity contribution in [3.05, 3.63) is 41.0 Å². The standard InChI is InChI=1S/C16H17F4N5O/c1-9-14(23-24-25(9)11-4-6-21-7-5-11)15(26)22-10-2-3-13(17)12(8-10)16(18,19)20/h2-3,8,11,21H,4-7H2,1H3,(H,22,26). The number of alkyl halides is 3. The van der Waals surface area contributed by atoms with Crippen LogP contribution in [0.4, 0.5) is 23.2 Å². The highest BCUT2D eigenvalue weighted by Crippen LogP contribution is 2.33. The zero-order valence-electron chi connectivity index (χ0n) is 13.9. The maximum absolute atomic E-state index is 13.3. The van der Waals surface area contributed by atoms with E-state index in [2.05, 4.69) is 20.9 Å². The second kappa shape index (κ2) is 7.02. The molecule has 2 N–H and O–H groups in total. The van der Waals surface area contributed by atoms with Crippen molar-refractivity contribution in [3.63, 3.8) is 0 Å². The lowest BCUT2D eigenvalue weighted by atomic mass is 10.1. The number of carbonyl (C=O) groups excluding carboxylic acids is 1. The van der Waals surface area contributed by atoms with Gasteiger partial charge in [-0.05, 0) is 51.1 Å². The summed E-state index contributed by atoms with van der Waals surface area (Å²) in [6.07, 6.45) is -3.16. The van der Waals surface area contributed by atoms with Gasteiger partial charge in [0.25, 0.3) is 5.91 Å². The molecule has 1 aliphatic heterocycles. The summed E-state index contributed by atoms with van der Waals surface area (Å²) in [7, 11) is 0. The molecule has 0 spiro atoms. The molecule has 1 aromatic heterocycles. The van der Waals surface area contributed by atoms with Crippen molar-refractivity contribution in [2.24, 2.45) is 0 Å². The number of benzene rings is 1. The predicted octanol–water partition coefficient (Wildman–Crippen LogP) is 2.92. The molecular formula is C16H17F4N5O.